The molecule has 3 nitrogen and oxygen atoms in total. The lowest BCUT2D eigenvalue weighted by Crippen LogP contribution is -2.39. The minimum atomic E-state index is -3.64. The highest BCUT2D eigenvalue weighted by Crippen LogP contribution is 2.35. The zero-order valence-electron chi connectivity index (χ0n) is 17.6. The van der Waals surface area contributed by atoms with Crippen molar-refractivity contribution >= 4 is 20.8 Å². The van der Waals surface area contributed by atoms with Crippen LogP contribution in [0.15, 0.2) is 65.6 Å². The normalized spacial score (nSPS) is 20.6. The summed E-state index contributed by atoms with van der Waals surface area (Å²) in [6.07, 6.45) is 6.52. The molecular formula is C26H28FNO2S. The van der Waals surface area contributed by atoms with Gasteiger partial charge in [-0.25, -0.2) is 12.8 Å². The van der Waals surface area contributed by atoms with Gasteiger partial charge in [0.15, 0.2) is 0 Å². The second-order valence-corrected chi connectivity index (χ2v) is 11.0. The molecule has 1 aliphatic carbocycles. The fraction of sp³-hybridized carbons (Fsp3) is 0.385. The molecule has 0 amide bonds. The van der Waals surface area contributed by atoms with Gasteiger partial charge in [-0.1, -0.05) is 48.5 Å². The maximum absolute atomic E-state index is 14.2. The molecule has 1 heterocycles. The minimum absolute atomic E-state index is 0.215. The van der Waals surface area contributed by atoms with Gasteiger partial charge in [-0.15, -0.1) is 0 Å². The largest absolute Gasteiger partial charge is 0.243 e. The van der Waals surface area contributed by atoms with E-state index in [4.69, 9.17) is 0 Å². The molecule has 5 heteroatoms. The first-order valence-electron chi connectivity index (χ1n) is 11.3. The quantitative estimate of drug-likeness (QED) is 0.535. The zero-order valence-corrected chi connectivity index (χ0v) is 18.5. The van der Waals surface area contributed by atoms with Gasteiger partial charge in [0.2, 0.25) is 10.0 Å². The second kappa shape index (κ2) is 8.36. The topological polar surface area (TPSA) is 37.4 Å². The summed E-state index contributed by atoms with van der Waals surface area (Å²) in [6, 6.07) is 18.3. The lowest BCUT2D eigenvalue weighted by molar-refractivity contribution is 0.229. The van der Waals surface area contributed by atoms with E-state index in [1.165, 1.54) is 36.1 Å². The summed E-state index contributed by atoms with van der Waals surface area (Å²) >= 11 is 0. The molecule has 0 spiro atoms. The van der Waals surface area contributed by atoms with Crippen LogP contribution in [-0.4, -0.2) is 25.8 Å². The maximum atomic E-state index is 14.2. The summed E-state index contributed by atoms with van der Waals surface area (Å²) in [6.45, 7) is 1.09. The molecule has 1 unspecified atom stereocenters. The Bertz CT molecular complexity index is 1200. The molecule has 162 valence electrons. The fourth-order valence-electron chi connectivity index (χ4n) is 5.43. The number of rotatable bonds is 4. The number of hydrogen-bond acceptors (Lipinski definition) is 2. The highest BCUT2D eigenvalue weighted by atomic mass is 32.2. The summed E-state index contributed by atoms with van der Waals surface area (Å²) in [5.74, 6) is 0.887. The molecule has 5 rings (SSSR count). The van der Waals surface area contributed by atoms with Crippen LogP contribution in [0.25, 0.3) is 10.8 Å². The van der Waals surface area contributed by atoms with E-state index in [2.05, 4.69) is 24.3 Å². The van der Waals surface area contributed by atoms with Crippen molar-refractivity contribution in [3.05, 3.63) is 77.6 Å². The Morgan fingerprint density at radius 1 is 0.806 bits per heavy atom. The van der Waals surface area contributed by atoms with Gasteiger partial charge in [-0.05, 0) is 73.6 Å². The lowest BCUT2D eigenvalue weighted by Gasteiger charge is -2.34. The Morgan fingerprint density at radius 2 is 1.48 bits per heavy atom. The number of aryl methyl sites for hydroxylation is 1. The first-order valence-corrected chi connectivity index (χ1v) is 12.7. The molecule has 3 aromatic carbocycles. The molecular weight excluding hydrogens is 409 g/mol. The third-order valence-corrected chi connectivity index (χ3v) is 9.09. The van der Waals surface area contributed by atoms with Crippen LogP contribution in [0.1, 0.15) is 36.8 Å². The molecule has 3 aromatic rings. The van der Waals surface area contributed by atoms with E-state index >= 15 is 0 Å². The number of benzene rings is 3. The van der Waals surface area contributed by atoms with E-state index in [1.807, 2.05) is 0 Å². The molecule has 1 atom stereocenters. The van der Waals surface area contributed by atoms with Crippen molar-refractivity contribution in [1.29, 1.82) is 0 Å². The van der Waals surface area contributed by atoms with Gasteiger partial charge in [0.1, 0.15) is 5.82 Å². The Hall–Kier alpha value is -2.24. The fourth-order valence-corrected chi connectivity index (χ4v) is 7.10. The van der Waals surface area contributed by atoms with Gasteiger partial charge in [-0.2, -0.15) is 4.31 Å². The minimum Gasteiger partial charge on any atom is -0.207 e. The van der Waals surface area contributed by atoms with Crippen LogP contribution in [0.4, 0.5) is 4.39 Å². The molecule has 0 bridgehead atoms. The molecule has 0 saturated carbocycles. The van der Waals surface area contributed by atoms with E-state index in [0.29, 0.717) is 35.7 Å². The molecule has 0 radical (unpaired) electrons. The van der Waals surface area contributed by atoms with Crippen LogP contribution in [0.5, 0.6) is 0 Å². The van der Waals surface area contributed by atoms with Gasteiger partial charge < -0.3 is 0 Å². The summed E-state index contributed by atoms with van der Waals surface area (Å²) in [5, 5.41) is 0.821. The summed E-state index contributed by atoms with van der Waals surface area (Å²) < 4.78 is 42.5. The standard InChI is InChI=1S/C26H28FNO2S/c27-25-11-12-26(24-8-4-3-7-23(24)25)31(29,30)28-15-13-19(14-16-28)17-20-9-10-21-5-1-2-6-22(21)18-20/h1-8,11-12,19-20H,9-10,13-18H2. The van der Waals surface area contributed by atoms with E-state index in [-0.39, 0.29) is 10.7 Å². The summed E-state index contributed by atoms with van der Waals surface area (Å²) in [7, 11) is -3.64. The number of nitrogens with zero attached hydrogens (tertiary/aromatic N) is 1. The van der Waals surface area contributed by atoms with Crippen LogP contribution in [0.2, 0.25) is 0 Å². The van der Waals surface area contributed by atoms with E-state index < -0.39 is 10.0 Å². The van der Waals surface area contributed by atoms with Crippen LogP contribution < -0.4 is 0 Å². The van der Waals surface area contributed by atoms with Crippen LogP contribution in [-0.2, 0) is 22.9 Å². The average Bonchev–Trinajstić information content (AvgIpc) is 2.80. The van der Waals surface area contributed by atoms with Gasteiger partial charge in [0, 0.05) is 23.9 Å². The Labute approximate surface area is 183 Å². The number of fused-ring (bicyclic) bond motifs is 2. The van der Waals surface area contributed by atoms with Crippen molar-refractivity contribution in [3.8, 4) is 0 Å². The van der Waals surface area contributed by atoms with Gasteiger partial charge in [0.05, 0.1) is 4.90 Å². The summed E-state index contributed by atoms with van der Waals surface area (Å²) in [5.41, 5.74) is 2.98. The lowest BCUT2D eigenvalue weighted by atomic mass is 9.77. The smallest absolute Gasteiger partial charge is 0.207 e. The maximum Gasteiger partial charge on any atom is 0.243 e. The molecule has 0 N–H and O–H groups in total. The van der Waals surface area contributed by atoms with Crippen molar-refractivity contribution in [2.45, 2.75) is 43.4 Å². The summed E-state index contributed by atoms with van der Waals surface area (Å²) in [4.78, 5) is 0.215. The van der Waals surface area contributed by atoms with Crippen LogP contribution in [0.3, 0.4) is 0 Å². The van der Waals surface area contributed by atoms with E-state index in [9.17, 15) is 12.8 Å². The monoisotopic (exact) mass is 437 g/mol. The number of halogens is 1. The highest BCUT2D eigenvalue weighted by Gasteiger charge is 2.32. The first-order chi connectivity index (χ1) is 15.0. The van der Waals surface area contributed by atoms with Crippen molar-refractivity contribution in [2.24, 2.45) is 11.8 Å². The van der Waals surface area contributed by atoms with Crippen molar-refractivity contribution in [3.63, 3.8) is 0 Å². The number of sulfonamides is 1. The van der Waals surface area contributed by atoms with Crippen LogP contribution >= 0.6 is 0 Å². The average molecular weight is 438 g/mol. The van der Waals surface area contributed by atoms with Crippen molar-refractivity contribution in [1.82, 2.24) is 4.31 Å². The number of piperidine rings is 1. The predicted molar refractivity (Wildman–Crippen MR) is 122 cm³/mol. The molecule has 1 fully saturated rings. The van der Waals surface area contributed by atoms with E-state index in [1.54, 1.807) is 28.6 Å². The molecule has 2 aliphatic rings. The van der Waals surface area contributed by atoms with Gasteiger partial charge >= 0.3 is 0 Å². The van der Waals surface area contributed by atoms with Crippen molar-refractivity contribution < 1.29 is 12.8 Å². The second-order valence-electron chi connectivity index (χ2n) is 9.05. The first kappa shape index (κ1) is 20.7. The highest BCUT2D eigenvalue weighted by molar-refractivity contribution is 7.89. The third-order valence-electron chi connectivity index (χ3n) is 7.14. The SMILES string of the molecule is O=S(=O)(c1ccc(F)c2ccccc12)N1CCC(CC2CCc3ccccc3C2)CC1. The molecule has 0 aromatic heterocycles. The zero-order chi connectivity index (χ0) is 21.4. The van der Waals surface area contributed by atoms with Gasteiger partial charge in [-0.3, -0.25) is 0 Å². The van der Waals surface area contributed by atoms with E-state index in [0.717, 1.165) is 25.7 Å². The molecule has 1 aliphatic heterocycles. The van der Waals surface area contributed by atoms with Gasteiger partial charge in [0.25, 0.3) is 0 Å². The third kappa shape index (κ3) is 4.01. The molecule has 1 saturated heterocycles. The number of hydrogen-bond donors (Lipinski definition) is 0. The molecule has 31 heavy (non-hydrogen) atoms. The Kier molecular flexibility index (Phi) is 5.57. The Balaban J connectivity index is 1.26. The predicted octanol–water partition coefficient (Wildman–Crippen LogP) is 5.57. The van der Waals surface area contributed by atoms with Crippen LogP contribution in [0, 0.1) is 17.7 Å². The Morgan fingerprint density at radius 3 is 2.26 bits per heavy atom. The van der Waals surface area contributed by atoms with Crippen molar-refractivity contribution in [2.75, 3.05) is 13.1 Å².